The first-order valence-corrected chi connectivity index (χ1v) is 9.42. The molecule has 0 aliphatic carbocycles. The van der Waals surface area contributed by atoms with Crippen molar-refractivity contribution < 1.29 is 9.59 Å². The molecule has 0 fully saturated rings. The topological polar surface area (TPSA) is 84.2 Å². The zero-order valence-electron chi connectivity index (χ0n) is 16.1. The quantitative estimate of drug-likeness (QED) is 0.590. The molecular formula is C22H29N3O2. The van der Waals surface area contributed by atoms with Crippen LogP contribution in [0.2, 0.25) is 0 Å². The molecule has 1 unspecified atom stereocenters. The van der Waals surface area contributed by atoms with Crippen LogP contribution in [0.5, 0.6) is 0 Å². The van der Waals surface area contributed by atoms with E-state index in [1.165, 1.54) is 11.1 Å². The van der Waals surface area contributed by atoms with Crippen molar-refractivity contribution in [2.24, 2.45) is 5.73 Å². The third kappa shape index (κ3) is 6.77. The van der Waals surface area contributed by atoms with E-state index >= 15 is 0 Å². The molecule has 0 bridgehead atoms. The minimum Gasteiger partial charge on any atom is -0.352 e. The fraction of sp³-hybridized carbons (Fsp3) is 0.364. The lowest BCUT2D eigenvalue weighted by Gasteiger charge is -2.21. The Morgan fingerprint density at radius 3 is 2.33 bits per heavy atom. The number of aryl methyl sites for hydroxylation is 2. The predicted octanol–water partition coefficient (Wildman–Crippen LogP) is 3.74. The summed E-state index contributed by atoms with van der Waals surface area (Å²) in [6, 6.07) is 15.7. The highest BCUT2D eigenvalue weighted by molar-refractivity contribution is 5.77. The first kappa shape index (κ1) is 20.5. The van der Waals surface area contributed by atoms with Crippen LogP contribution in [-0.2, 0) is 4.79 Å². The summed E-state index contributed by atoms with van der Waals surface area (Å²) in [6.07, 6.45) is 2.92. The Morgan fingerprint density at radius 2 is 1.67 bits per heavy atom. The van der Waals surface area contributed by atoms with E-state index in [-0.39, 0.29) is 11.9 Å². The van der Waals surface area contributed by atoms with Crippen molar-refractivity contribution in [1.29, 1.82) is 0 Å². The number of primary amides is 1. The lowest BCUT2D eigenvalue weighted by atomic mass is 9.95. The summed E-state index contributed by atoms with van der Waals surface area (Å²) in [6.45, 7) is 4.72. The van der Waals surface area contributed by atoms with Gasteiger partial charge in [-0.05, 0) is 48.9 Å². The lowest BCUT2D eigenvalue weighted by Crippen LogP contribution is -2.30. The molecule has 0 aliphatic rings. The van der Waals surface area contributed by atoms with E-state index in [0.29, 0.717) is 13.0 Å². The number of amides is 3. The third-order valence-corrected chi connectivity index (χ3v) is 4.68. The average molecular weight is 367 g/mol. The van der Waals surface area contributed by atoms with Crippen LogP contribution in [-0.4, -0.2) is 18.5 Å². The molecule has 5 heteroatoms. The number of rotatable bonds is 9. The number of hydrogen-bond donors (Lipinski definition) is 3. The monoisotopic (exact) mass is 367 g/mol. The number of benzene rings is 2. The van der Waals surface area contributed by atoms with Crippen LogP contribution in [0.3, 0.4) is 0 Å². The van der Waals surface area contributed by atoms with Crippen molar-refractivity contribution in [2.75, 3.05) is 6.54 Å². The van der Waals surface area contributed by atoms with E-state index in [0.717, 1.165) is 30.4 Å². The van der Waals surface area contributed by atoms with Crippen LogP contribution >= 0.6 is 0 Å². The Balaban J connectivity index is 1.97. The zero-order chi connectivity index (χ0) is 19.6. The molecule has 27 heavy (non-hydrogen) atoms. The van der Waals surface area contributed by atoms with Crippen molar-refractivity contribution in [3.05, 3.63) is 70.8 Å². The summed E-state index contributed by atoms with van der Waals surface area (Å²) in [5.41, 5.74) is 9.63. The molecule has 0 saturated heterocycles. The van der Waals surface area contributed by atoms with Crippen LogP contribution in [0.1, 0.15) is 54.0 Å². The van der Waals surface area contributed by atoms with Crippen molar-refractivity contribution in [3.63, 3.8) is 0 Å². The lowest BCUT2D eigenvalue weighted by molar-refractivity contribution is -0.121. The maximum absolute atomic E-state index is 12.5. The van der Waals surface area contributed by atoms with Gasteiger partial charge in [-0.1, -0.05) is 55.0 Å². The van der Waals surface area contributed by atoms with Gasteiger partial charge in [0.25, 0.3) is 0 Å². The maximum Gasteiger partial charge on any atom is 0.312 e. The predicted molar refractivity (Wildman–Crippen MR) is 108 cm³/mol. The van der Waals surface area contributed by atoms with E-state index in [9.17, 15) is 9.59 Å². The SMILES string of the molecule is Cc1ccc(C(NC(=O)CCCCCNC(N)=O)c2ccccc2)cc1C. The maximum atomic E-state index is 12.5. The fourth-order valence-corrected chi connectivity index (χ4v) is 2.98. The van der Waals surface area contributed by atoms with Gasteiger partial charge in [0, 0.05) is 13.0 Å². The highest BCUT2D eigenvalue weighted by Crippen LogP contribution is 2.24. The first-order chi connectivity index (χ1) is 13.0. The number of hydrogen-bond acceptors (Lipinski definition) is 2. The molecule has 2 rings (SSSR count). The number of unbranched alkanes of at least 4 members (excludes halogenated alkanes) is 2. The van der Waals surface area contributed by atoms with Gasteiger partial charge in [-0.15, -0.1) is 0 Å². The normalized spacial score (nSPS) is 11.6. The summed E-state index contributed by atoms with van der Waals surface area (Å²) in [5.74, 6) is 0.0324. The third-order valence-electron chi connectivity index (χ3n) is 4.68. The van der Waals surface area contributed by atoms with Crippen LogP contribution in [0.4, 0.5) is 4.79 Å². The van der Waals surface area contributed by atoms with Gasteiger partial charge in [-0.25, -0.2) is 4.79 Å². The minimum absolute atomic E-state index is 0.0324. The van der Waals surface area contributed by atoms with Crippen molar-refractivity contribution >= 4 is 11.9 Å². The molecule has 144 valence electrons. The Labute approximate surface area is 161 Å². The minimum atomic E-state index is -0.508. The molecule has 0 saturated carbocycles. The van der Waals surface area contributed by atoms with Gasteiger partial charge in [0.2, 0.25) is 5.91 Å². The highest BCUT2D eigenvalue weighted by Gasteiger charge is 2.17. The van der Waals surface area contributed by atoms with Gasteiger partial charge in [-0.3, -0.25) is 4.79 Å². The molecule has 0 aliphatic heterocycles. The number of carbonyl (C=O) groups excluding carboxylic acids is 2. The molecule has 2 aromatic rings. The van der Waals surface area contributed by atoms with E-state index in [1.807, 2.05) is 30.3 Å². The number of nitrogens with two attached hydrogens (primary N) is 1. The molecule has 0 aromatic heterocycles. The van der Waals surface area contributed by atoms with Crippen LogP contribution < -0.4 is 16.4 Å². The van der Waals surface area contributed by atoms with Crippen LogP contribution in [0.25, 0.3) is 0 Å². The molecule has 0 spiro atoms. The smallest absolute Gasteiger partial charge is 0.312 e. The molecule has 5 nitrogen and oxygen atoms in total. The summed E-state index contributed by atoms with van der Waals surface area (Å²) >= 11 is 0. The summed E-state index contributed by atoms with van der Waals surface area (Å²) in [7, 11) is 0. The van der Waals surface area contributed by atoms with Gasteiger partial charge in [0.05, 0.1) is 6.04 Å². The van der Waals surface area contributed by atoms with Crippen molar-refractivity contribution in [3.8, 4) is 0 Å². The van der Waals surface area contributed by atoms with E-state index in [1.54, 1.807) is 0 Å². The second kappa shape index (κ2) is 10.4. The van der Waals surface area contributed by atoms with Crippen LogP contribution in [0.15, 0.2) is 48.5 Å². The van der Waals surface area contributed by atoms with E-state index in [4.69, 9.17) is 5.73 Å². The zero-order valence-corrected chi connectivity index (χ0v) is 16.1. The standard InChI is InChI=1S/C22H29N3O2/c1-16-12-13-19(15-17(16)2)21(18-9-5-3-6-10-18)25-20(26)11-7-4-8-14-24-22(23)27/h3,5-6,9-10,12-13,15,21H,4,7-8,11,14H2,1-2H3,(H,25,26)(H3,23,24,27). The van der Waals surface area contributed by atoms with E-state index < -0.39 is 6.03 Å². The molecular weight excluding hydrogens is 338 g/mol. The number of carbonyl (C=O) groups is 2. The molecule has 2 aromatic carbocycles. The second-order valence-corrected chi connectivity index (χ2v) is 6.86. The largest absolute Gasteiger partial charge is 0.352 e. The first-order valence-electron chi connectivity index (χ1n) is 9.42. The number of urea groups is 1. The molecule has 1 atom stereocenters. The summed E-state index contributed by atoms with van der Waals surface area (Å²) in [5, 5.41) is 5.73. The Morgan fingerprint density at radius 1 is 0.926 bits per heavy atom. The van der Waals surface area contributed by atoms with Crippen molar-refractivity contribution in [1.82, 2.24) is 10.6 Å². The van der Waals surface area contributed by atoms with Crippen LogP contribution in [0, 0.1) is 13.8 Å². The Bertz CT molecular complexity index is 759. The van der Waals surface area contributed by atoms with Gasteiger partial charge < -0.3 is 16.4 Å². The van der Waals surface area contributed by atoms with Gasteiger partial charge in [-0.2, -0.15) is 0 Å². The Hall–Kier alpha value is -2.82. The summed E-state index contributed by atoms with van der Waals surface area (Å²) < 4.78 is 0. The Kier molecular flexibility index (Phi) is 7.86. The van der Waals surface area contributed by atoms with Crippen molar-refractivity contribution in [2.45, 2.75) is 45.6 Å². The number of nitrogens with one attached hydrogen (secondary N) is 2. The fourth-order valence-electron chi connectivity index (χ4n) is 2.98. The van der Waals surface area contributed by atoms with E-state index in [2.05, 4.69) is 42.7 Å². The molecule has 4 N–H and O–H groups in total. The molecule has 3 amide bonds. The van der Waals surface area contributed by atoms with Gasteiger partial charge >= 0.3 is 6.03 Å². The molecule has 0 heterocycles. The average Bonchev–Trinajstić information content (AvgIpc) is 2.65. The highest BCUT2D eigenvalue weighted by atomic mass is 16.2. The van der Waals surface area contributed by atoms with Gasteiger partial charge in [0.1, 0.15) is 0 Å². The summed E-state index contributed by atoms with van der Waals surface area (Å²) in [4.78, 5) is 23.1. The molecule has 0 radical (unpaired) electrons. The second-order valence-electron chi connectivity index (χ2n) is 6.86. The van der Waals surface area contributed by atoms with Gasteiger partial charge in [0.15, 0.2) is 0 Å².